The average molecular weight is 373 g/mol. The summed E-state index contributed by atoms with van der Waals surface area (Å²) in [6.45, 7) is 2.53. The van der Waals surface area contributed by atoms with Gasteiger partial charge in [-0.05, 0) is 24.6 Å². The smallest absolute Gasteiger partial charge is 0.356 e. The van der Waals surface area contributed by atoms with Gasteiger partial charge in [0.05, 0.1) is 28.5 Å². The molecule has 5 nitrogen and oxygen atoms in total. The maximum Gasteiger partial charge on any atom is 0.356 e. The highest BCUT2D eigenvalue weighted by Crippen LogP contribution is 2.36. The van der Waals surface area contributed by atoms with Gasteiger partial charge in [0.25, 0.3) is 0 Å². The molecular formula is C16H15Cl2FN2O3. The Morgan fingerprint density at radius 1 is 1.42 bits per heavy atom. The lowest BCUT2D eigenvalue weighted by molar-refractivity contribution is 0.0691. The Labute approximate surface area is 148 Å². The number of pyridine rings is 1. The van der Waals surface area contributed by atoms with Crippen LogP contribution in [0.15, 0.2) is 18.2 Å². The molecule has 24 heavy (non-hydrogen) atoms. The van der Waals surface area contributed by atoms with Gasteiger partial charge in [-0.3, -0.25) is 0 Å². The van der Waals surface area contributed by atoms with E-state index in [9.17, 15) is 14.3 Å². The van der Waals surface area contributed by atoms with E-state index in [1.807, 2.05) is 6.92 Å². The summed E-state index contributed by atoms with van der Waals surface area (Å²) >= 11 is 12.0. The zero-order valence-corrected chi connectivity index (χ0v) is 14.5. The van der Waals surface area contributed by atoms with Crippen molar-refractivity contribution in [3.8, 4) is 17.0 Å². The van der Waals surface area contributed by atoms with Gasteiger partial charge in [0, 0.05) is 12.1 Å². The molecule has 2 rings (SSSR count). The van der Waals surface area contributed by atoms with Crippen LogP contribution < -0.4 is 10.1 Å². The number of anilines is 1. The Kier molecular flexibility index (Phi) is 5.85. The van der Waals surface area contributed by atoms with Gasteiger partial charge in [-0.25, -0.2) is 14.2 Å². The number of rotatable bonds is 6. The fourth-order valence-electron chi connectivity index (χ4n) is 2.11. The summed E-state index contributed by atoms with van der Waals surface area (Å²) in [6, 6.07) is 4.36. The predicted molar refractivity (Wildman–Crippen MR) is 91.9 cm³/mol. The van der Waals surface area contributed by atoms with Crippen LogP contribution in [0.2, 0.25) is 10.0 Å². The standard InChI is InChI=1S/C16H15Cl2FN2O3/c1-3-6-20-11-7-10(21-14(12(11)18)16(22)23)8-4-5-9(17)15(24-2)13(8)19/h4-5,7H,3,6H2,1-2H3,(H,20,21)(H,22,23). The number of hydrogen-bond acceptors (Lipinski definition) is 4. The molecule has 1 heterocycles. The van der Waals surface area contributed by atoms with Crippen molar-refractivity contribution >= 4 is 34.9 Å². The molecule has 0 saturated carbocycles. The number of ether oxygens (including phenoxy) is 1. The first-order valence-electron chi connectivity index (χ1n) is 7.10. The van der Waals surface area contributed by atoms with Crippen LogP contribution in [0.1, 0.15) is 23.8 Å². The highest BCUT2D eigenvalue weighted by molar-refractivity contribution is 6.36. The van der Waals surface area contributed by atoms with Crippen molar-refractivity contribution in [2.75, 3.05) is 19.0 Å². The van der Waals surface area contributed by atoms with Crippen LogP contribution in [0.5, 0.6) is 5.75 Å². The number of carbonyl (C=O) groups is 1. The van der Waals surface area contributed by atoms with E-state index in [0.717, 1.165) is 6.42 Å². The quantitative estimate of drug-likeness (QED) is 0.767. The molecule has 8 heteroatoms. The zero-order valence-electron chi connectivity index (χ0n) is 13.0. The van der Waals surface area contributed by atoms with E-state index in [4.69, 9.17) is 27.9 Å². The van der Waals surface area contributed by atoms with E-state index in [0.29, 0.717) is 12.2 Å². The molecule has 1 aromatic carbocycles. The fraction of sp³-hybridized carbons (Fsp3) is 0.250. The molecule has 2 N–H and O–H groups in total. The van der Waals surface area contributed by atoms with Crippen LogP contribution in [0.4, 0.5) is 10.1 Å². The molecule has 2 aromatic rings. The maximum atomic E-state index is 14.6. The SMILES string of the molecule is CCCNc1cc(-c2ccc(Cl)c(OC)c2F)nc(C(=O)O)c1Cl. The van der Waals surface area contributed by atoms with Crippen molar-refractivity contribution in [1.29, 1.82) is 0 Å². The lowest BCUT2D eigenvalue weighted by atomic mass is 10.1. The largest absolute Gasteiger partial charge is 0.492 e. The third kappa shape index (κ3) is 3.55. The van der Waals surface area contributed by atoms with Gasteiger partial charge < -0.3 is 15.2 Å². The Balaban J connectivity index is 2.66. The van der Waals surface area contributed by atoms with Gasteiger partial charge in [-0.15, -0.1) is 0 Å². The van der Waals surface area contributed by atoms with Crippen molar-refractivity contribution in [3.63, 3.8) is 0 Å². The number of nitrogens with one attached hydrogen (secondary N) is 1. The number of carboxylic acid groups (broad SMARTS) is 1. The molecule has 0 aliphatic rings. The Hall–Kier alpha value is -2.05. The maximum absolute atomic E-state index is 14.6. The first-order chi connectivity index (χ1) is 11.4. The molecular weight excluding hydrogens is 358 g/mol. The van der Waals surface area contributed by atoms with Crippen LogP contribution >= 0.6 is 23.2 Å². The normalized spacial score (nSPS) is 10.5. The average Bonchev–Trinajstić information content (AvgIpc) is 2.54. The topological polar surface area (TPSA) is 71.5 Å². The first kappa shape index (κ1) is 18.3. The second-order valence-corrected chi connectivity index (χ2v) is 5.68. The number of halogens is 3. The molecule has 0 aliphatic carbocycles. The van der Waals surface area contributed by atoms with E-state index in [2.05, 4.69) is 10.3 Å². The van der Waals surface area contributed by atoms with Crippen molar-refractivity contribution in [2.45, 2.75) is 13.3 Å². The van der Waals surface area contributed by atoms with Gasteiger partial charge in [0.2, 0.25) is 0 Å². The monoisotopic (exact) mass is 372 g/mol. The lowest BCUT2D eigenvalue weighted by Crippen LogP contribution is -2.08. The molecule has 128 valence electrons. The number of aromatic nitrogens is 1. The van der Waals surface area contributed by atoms with E-state index in [1.165, 1.54) is 25.3 Å². The molecule has 0 aliphatic heterocycles. The molecule has 0 spiro atoms. The number of nitrogens with zero attached hydrogens (tertiary/aromatic N) is 1. The Bertz CT molecular complexity index is 784. The molecule has 0 radical (unpaired) electrons. The van der Waals surface area contributed by atoms with E-state index in [-0.39, 0.29) is 32.7 Å². The molecule has 0 saturated heterocycles. The second kappa shape index (κ2) is 7.68. The molecule has 0 amide bonds. The van der Waals surface area contributed by atoms with Crippen molar-refractivity contribution in [1.82, 2.24) is 4.98 Å². The summed E-state index contributed by atoms with van der Waals surface area (Å²) in [6.07, 6.45) is 0.805. The lowest BCUT2D eigenvalue weighted by Gasteiger charge is -2.13. The minimum absolute atomic E-state index is 0.0268. The second-order valence-electron chi connectivity index (χ2n) is 4.89. The van der Waals surface area contributed by atoms with E-state index >= 15 is 0 Å². The van der Waals surface area contributed by atoms with Gasteiger partial charge in [-0.1, -0.05) is 30.1 Å². The van der Waals surface area contributed by atoms with Crippen molar-refractivity contribution < 1.29 is 19.0 Å². The third-order valence-corrected chi connectivity index (χ3v) is 3.94. The number of hydrogen-bond donors (Lipinski definition) is 2. The number of aromatic carboxylic acids is 1. The summed E-state index contributed by atoms with van der Waals surface area (Å²) in [5, 5.41) is 12.4. The minimum atomic E-state index is -1.30. The molecule has 0 fully saturated rings. The highest BCUT2D eigenvalue weighted by atomic mass is 35.5. The third-order valence-electron chi connectivity index (χ3n) is 3.25. The van der Waals surface area contributed by atoms with Gasteiger partial charge in [0.15, 0.2) is 17.3 Å². The number of benzene rings is 1. The number of methoxy groups -OCH3 is 1. The Morgan fingerprint density at radius 2 is 2.12 bits per heavy atom. The van der Waals surface area contributed by atoms with Crippen molar-refractivity contribution in [2.24, 2.45) is 0 Å². The summed E-state index contributed by atoms with van der Waals surface area (Å²) in [7, 11) is 1.29. The van der Waals surface area contributed by atoms with E-state index < -0.39 is 11.8 Å². The van der Waals surface area contributed by atoms with Crippen LogP contribution in [0.3, 0.4) is 0 Å². The highest BCUT2D eigenvalue weighted by Gasteiger charge is 2.21. The van der Waals surface area contributed by atoms with Crippen LogP contribution in [0, 0.1) is 5.82 Å². The van der Waals surface area contributed by atoms with Crippen molar-refractivity contribution in [3.05, 3.63) is 39.8 Å². The number of carboxylic acids is 1. The van der Waals surface area contributed by atoms with Crippen LogP contribution in [-0.4, -0.2) is 29.7 Å². The van der Waals surface area contributed by atoms with E-state index in [1.54, 1.807) is 0 Å². The predicted octanol–water partition coefficient (Wildman–Crippen LogP) is 4.72. The molecule has 0 bridgehead atoms. The molecule has 0 atom stereocenters. The van der Waals surface area contributed by atoms with Gasteiger partial charge in [-0.2, -0.15) is 0 Å². The fourth-order valence-corrected chi connectivity index (χ4v) is 2.58. The van der Waals surface area contributed by atoms with Crippen LogP contribution in [-0.2, 0) is 0 Å². The summed E-state index contributed by atoms with van der Waals surface area (Å²) in [5.41, 5.74) is 0.188. The Morgan fingerprint density at radius 3 is 2.71 bits per heavy atom. The zero-order chi connectivity index (χ0) is 17.9. The minimum Gasteiger partial charge on any atom is -0.492 e. The van der Waals surface area contributed by atoms with Gasteiger partial charge in [0.1, 0.15) is 0 Å². The summed E-state index contributed by atoms with van der Waals surface area (Å²) < 4.78 is 19.5. The summed E-state index contributed by atoms with van der Waals surface area (Å²) in [5.74, 6) is -2.16. The molecule has 0 unspecified atom stereocenters. The summed E-state index contributed by atoms with van der Waals surface area (Å²) in [4.78, 5) is 15.3. The first-order valence-corrected chi connectivity index (χ1v) is 7.86. The molecule has 1 aromatic heterocycles. The van der Waals surface area contributed by atoms with Gasteiger partial charge >= 0.3 is 5.97 Å². The van der Waals surface area contributed by atoms with Crippen LogP contribution in [0.25, 0.3) is 11.3 Å².